The smallest absolute Gasteiger partial charge is 0.407 e. The van der Waals surface area contributed by atoms with Crippen LogP contribution < -0.4 is 21.3 Å². The van der Waals surface area contributed by atoms with E-state index in [1.165, 1.54) is 73.8 Å². The zero-order valence-electron chi connectivity index (χ0n) is 73.4. The Kier molecular flexibility index (Phi) is 33.0. The Morgan fingerprint density at radius 1 is 0.344 bits per heavy atom. The predicted molar refractivity (Wildman–Crippen MR) is 452 cm³/mol. The number of alkyl halides is 4. The number of carbonyl (C=O) groups excluding carboxylic acids is 4. The van der Waals surface area contributed by atoms with Gasteiger partial charge in [-0.1, -0.05) is 48.5 Å². The third-order valence-electron chi connectivity index (χ3n) is 23.7. The van der Waals surface area contributed by atoms with Gasteiger partial charge >= 0.3 is 24.4 Å². The van der Waals surface area contributed by atoms with Gasteiger partial charge in [0.1, 0.15) is 108 Å². The number of ether oxygens (including phenoxy) is 4. The van der Waals surface area contributed by atoms with Crippen LogP contribution in [0.5, 0.6) is 0 Å². The van der Waals surface area contributed by atoms with Crippen LogP contribution in [0.25, 0.3) is 0 Å². The van der Waals surface area contributed by atoms with Crippen molar-refractivity contribution in [1.29, 1.82) is 0 Å². The molecule has 125 heavy (non-hydrogen) atoms. The average molecular weight is 1760 g/mol. The van der Waals surface area contributed by atoms with Gasteiger partial charge in [-0.3, -0.25) is 24.7 Å². The van der Waals surface area contributed by atoms with Gasteiger partial charge < -0.3 is 50.4 Å². The monoisotopic (exact) mass is 1760 g/mol. The molecular formula is C90H125F8N17O10. The van der Waals surface area contributed by atoms with E-state index < -0.39 is 83.7 Å². The molecule has 4 amide bonds. The number of carbonyl (C=O) groups is 4. The first-order valence-electron chi connectivity index (χ1n) is 43.4. The number of alkyl carbamates (subject to hydrolysis) is 4. The molecule has 7 N–H and O–H groups in total. The molecule has 4 saturated carbocycles. The van der Waals surface area contributed by atoms with Crippen LogP contribution in [-0.4, -0.2) is 259 Å². The Bertz CT molecular complexity index is 4170. The van der Waals surface area contributed by atoms with Gasteiger partial charge in [-0.25, -0.2) is 78.6 Å². The molecule has 4 aliphatic carbocycles. The number of aromatic amines is 1. The summed E-state index contributed by atoms with van der Waals surface area (Å²) in [4.78, 5) is 68.4. The molecule has 0 radical (unpaired) electrons. The van der Waals surface area contributed by atoms with Crippen LogP contribution in [0.2, 0.25) is 0 Å². The van der Waals surface area contributed by atoms with Crippen LogP contribution in [0, 0.1) is 23.3 Å². The summed E-state index contributed by atoms with van der Waals surface area (Å²) in [5.74, 6) is -0.473. The van der Waals surface area contributed by atoms with E-state index in [2.05, 4.69) is 66.4 Å². The van der Waals surface area contributed by atoms with Crippen molar-refractivity contribution in [2.24, 2.45) is 0 Å². The quantitative estimate of drug-likeness (QED) is 0.0393. The van der Waals surface area contributed by atoms with E-state index in [9.17, 15) is 64.5 Å². The van der Waals surface area contributed by atoms with Gasteiger partial charge in [-0.2, -0.15) is 15.3 Å². The highest BCUT2D eigenvalue weighted by molar-refractivity contribution is 5.69. The highest BCUT2D eigenvalue weighted by Gasteiger charge is 2.48. The normalized spacial score (nSPS) is 29.4. The Morgan fingerprint density at radius 2 is 0.592 bits per heavy atom. The first-order chi connectivity index (χ1) is 59.1. The molecule has 3 aromatic heterocycles. The van der Waals surface area contributed by atoms with Gasteiger partial charge in [-0.15, -0.1) is 0 Å². The Morgan fingerprint density at radius 3 is 0.816 bits per heavy atom. The number of amides is 4. The van der Waals surface area contributed by atoms with Crippen LogP contribution in [0.15, 0.2) is 135 Å². The molecular weight excluding hydrogens is 1630 g/mol. The molecule has 15 rings (SSSR count). The number of piperidine rings is 4. The Balaban J connectivity index is 0.000000159. The van der Waals surface area contributed by atoms with Crippen LogP contribution in [0.4, 0.5) is 54.3 Å². The zero-order valence-corrected chi connectivity index (χ0v) is 73.4. The molecule has 8 fully saturated rings. The fourth-order valence-electron chi connectivity index (χ4n) is 18.8. The minimum Gasteiger partial charge on any atom is -0.444 e. The lowest BCUT2D eigenvalue weighted by molar-refractivity contribution is 0.0152. The van der Waals surface area contributed by atoms with Crippen molar-refractivity contribution in [3.05, 3.63) is 181 Å². The van der Waals surface area contributed by atoms with Gasteiger partial charge in [0.05, 0.1) is 24.3 Å². The number of H-pyrrole nitrogens is 1. The highest BCUT2D eigenvalue weighted by Crippen LogP contribution is 2.47. The third kappa shape index (κ3) is 29.6. The van der Waals surface area contributed by atoms with Crippen LogP contribution >= 0.6 is 0 Å². The fourth-order valence-corrected chi connectivity index (χ4v) is 18.8. The number of hydrogen-bond acceptors (Lipinski definition) is 20. The molecule has 27 nitrogen and oxygen atoms in total. The molecule has 4 aromatic carbocycles. The number of rotatable bonds is 14. The lowest BCUT2D eigenvalue weighted by atomic mass is 9.96. The second-order valence-corrected chi connectivity index (χ2v) is 38.3. The maximum atomic E-state index is 14.7. The molecule has 35 heteroatoms. The van der Waals surface area contributed by atoms with E-state index in [0.29, 0.717) is 65.0 Å². The van der Waals surface area contributed by atoms with Crippen molar-refractivity contribution >= 4 is 24.4 Å². The van der Waals surface area contributed by atoms with Crippen molar-refractivity contribution in [1.82, 2.24) is 85.6 Å². The van der Waals surface area contributed by atoms with Crippen molar-refractivity contribution in [2.45, 2.75) is 304 Å². The Labute approximate surface area is 726 Å². The number of hydrogen-bond donors (Lipinski definition) is 7. The lowest BCUT2D eigenvalue weighted by Crippen LogP contribution is -2.56. The number of likely N-dealkylation sites (tertiary alicyclic amines) is 4. The number of benzene rings is 4. The van der Waals surface area contributed by atoms with Crippen molar-refractivity contribution in [3.8, 4) is 0 Å². The van der Waals surface area contributed by atoms with E-state index in [0.717, 1.165) is 47.9 Å². The van der Waals surface area contributed by atoms with E-state index in [4.69, 9.17) is 18.9 Å². The summed E-state index contributed by atoms with van der Waals surface area (Å²) in [6.45, 7) is 24.6. The molecule has 7 heterocycles. The first kappa shape index (κ1) is 96.2. The fraction of sp³-hybridized carbons (Fsp3) is 0.622. The van der Waals surface area contributed by atoms with E-state index in [1.807, 2.05) is 43.4 Å². The van der Waals surface area contributed by atoms with E-state index in [1.54, 1.807) is 120 Å². The number of nitrogens with one attached hydrogen (secondary N) is 5. The van der Waals surface area contributed by atoms with E-state index in [-0.39, 0.29) is 146 Å². The molecule has 0 bridgehead atoms. The van der Waals surface area contributed by atoms with Crippen LogP contribution in [-0.2, 0) is 18.9 Å². The molecule has 20 atom stereocenters. The lowest BCUT2D eigenvalue weighted by Gasteiger charge is -2.40. The molecule has 0 unspecified atom stereocenters. The van der Waals surface area contributed by atoms with Gasteiger partial charge in [0.2, 0.25) is 0 Å². The number of nitrogens with zero attached hydrogens (tertiary/aromatic N) is 12. The predicted octanol–water partition coefficient (Wildman–Crippen LogP) is 14.2. The standard InChI is InChI=1S/2C23H31F2N5O2.2C21H30F2N2O3.C2H3N3/c2*1-23(2,3)32-22(31)28-19-10-18(25)11-29(12-19)20-8-16(15-4-6-17(24)7-5-15)9-21(20)30-14-26-13-27-30;2*1-21(2,3)28-20(27)24-17-10-16(23)11-25(12-17)18-8-14(9-19(18)26)13-4-6-15(22)7-5-13;1-3-2-5-4-1/h2*4-7,13-14,16,18-21H,8-12H2,1-3H3,(H,28,31);2*4-7,14,16-19,26H,8-12H2,1-3H3,(H,24,27);1-2H,(H,3,4,5)/t16-,18+,19+,20+,21+;16-,18-,19-,20+,21+;14-,16+,17+,18+,19+;14-,16-,17-,18+,19+;/m0101./s1. The average Bonchev–Trinajstić information content (AvgIpc) is 1.65. The topological polar surface area (TPSA) is 310 Å². The largest absolute Gasteiger partial charge is 0.444 e. The number of aliphatic hydroxyl groups is 2. The maximum absolute atomic E-state index is 14.7. The van der Waals surface area contributed by atoms with Crippen molar-refractivity contribution < 1.29 is 83.5 Å². The molecule has 7 aromatic rings. The highest BCUT2D eigenvalue weighted by atomic mass is 19.2. The van der Waals surface area contributed by atoms with Gasteiger partial charge in [0, 0.05) is 126 Å². The summed E-state index contributed by atoms with van der Waals surface area (Å²) in [6.07, 6.45) is 8.44. The van der Waals surface area contributed by atoms with E-state index >= 15 is 0 Å². The summed E-state index contributed by atoms with van der Waals surface area (Å²) in [6, 6.07) is 24.2. The number of aliphatic hydroxyl groups excluding tert-OH is 2. The third-order valence-corrected chi connectivity index (χ3v) is 23.7. The van der Waals surface area contributed by atoms with Gasteiger partial charge in [0.25, 0.3) is 0 Å². The minimum atomic E-state index is -1.08. The summed E-state index contributed by atoms with van der Waals surface area (Å²) >= 11 is 0. The van der Waals surface area contributed by atoms with Crippen LogP contribution in [0.3, 0.4) is 0 Å². The second kappa shape index (κ2) is 42.9. The summed E-state index contributed by atoms with van der Waals surface area (Å²) in [7, 11) is 0. The SMILES string of the molecule is CC(C)(C)OC(=O)N[C@@H]1C[C@@H](F)CN([C@@H]2C[C@H](c3ccc(F)cc3)C[C@H]2O)C1.CC(C)(C)OC(=O)N[C@@H]1C[C@@H](F)CN([C@@H]2C[C@H](c3ccc(F)cc3)C[C@H]2n2cncn2)C1.CC(C)(C)OC(=O)N[C@@H]1C[C@@H](F)CN([C@H]2C[C@@H](c3ccc(F)cc3)C[C@@H]2O)C1.CC(C)(C)OC(=O)N[C@@H]1C[C@@H](F)CN([C@H]2C[C@@H](c3ccc(F)cc3)C[C@@H]2n2cncn2)C1.c1nc[nH]n1. The van der Waals surface area contributed by atoms with Crippen LogP contribution in [0.1, 0.15) is 218 Å². The molecule has 4 saturated heterocycles. The van der Waals surface area contributed by atoms with Gasteiger partial charge in [-0.05, 0) is 229 Å². The molecule has 4 aliphatic heterocycles. The Hall–Kier alpha value is -9.42. The van der Waals surface area contributed by atoms with Crippen molar-refractivity contribution in [2.75, 3.05) is 52.4 Å². The molecule has 8 aliphatic rings. The van der Waals surface area contributed by atoms with Gasteiger partial charge in [0.15, 0.2) is 0 Å². The summed E-state index contributed by atoms with van der Waals surface area (Å²) in [5, 5.41) is 47.0. The summed E-state index contributed by atoms with van der Waals surface area (Å²) in [5.41, 5.74) is 1.65. The maximum Gasteiger partial charge on any atom is 0.407 e. The molecule has 0 spiro atoms. The minimum absolute atomic E-state index is 0.0139. The zero-order chi connectivity index (χ0) is 90.2. The summed E-state index contributed by atoms with van der Waals surface area (Å²) < 4.78 is 136. The second-order valence-electron chi connectivity index (χ2n) is 38.3. The number of aromatic nitrogens is 9. The number of halogens is 8. The first-order valence-corrected chi connectivity index (χ1v) is 43.4. The molecule has 686 valence electrons. The van der Waals surface area contributed by atoms with Crippen molar-refractivity contribution in [3.63, 3.8) is 0 Å².